The minimum absolute atomic E-state index is 0.122. The van der Waals surface area contributed by atoms with Gasteiger partial charge in [0.05, 0.1) is 5.69 Å². The zero-order valence-electron chi connectivity index (χ0n) is 13.7. The van der Waals surface area contributed by atoms with Crippen LogP contribution in [0.2, 0.25) is 0 Å². The number of benzene rings is 1. The lowest BCUT2D eigenvalue weighted by Crippen LogP contribution is -2.49. The van der Waals surface area contributed by atoms with Crippen LogP contribution in [-0.4, -0.2) is 25.7 Å². The standard InChI is InChI=1S/C15H9F3N4O4S/c1-4-21-9-6-8(7(16)5-10(9)26-15(17,18)11(21)23)22-12(24)19(2)14(27)20(3)13(22)25/h1,5-6H,2-3H3. The highest BCUT2D eigenvalue weighted by atomic mass is 32.1. The number of halogens is 3. The Bertz CT molecular complexity index is 1180. The van der Waals surface area contributed by atoms with E-state index in [1.165, 1.54) is 14.1 Å². The van der Waals surface area contributed by atoms with Gasteiger partial charge in [0, 0.05) is 26.2 Å². The summed E-state index contributed by atoms with van der Waals surface area (Å²) in [6.45, 7) is 0. The molecule has 1 aromatic carbocycles. The molecule has 12 heteroatoms. The molecule has 1 amide bonds. The fraction of sp³-hybridized carbons (Fsp3) is 0.200. The summed E-state index contributed by atoms with van der Waals surface area (Å²) in [5.41, 5.74) is -3.01. The second-order valence-corrected chi connectivity index (χ2v) is 5.83. The van der Waals surface area contributed by atoms with Crippen molar-refractivity contribution in [3.63, 3.8) is 0 Å². The zero-order chi connectivity index (χ0) is 20.3. The Morgan fingerprint density at radius 3 is 2.19 bits per heavy atom. The lowest BCUT2D eigenvalue weighted by atomic mass is 10.2. The summed E-state index contributed by atoms with van der Waals surface area (Å²) in [5.74, 6) is -3.83. The molecule has 0 radical (unpaired) electrons. The summed E-state index contributed by atoms with van der Waals surface area (Å²) in [6.07, 6.45) is 0.810. The van der Waals surface area contributed by atoms with E-state index in [4.69, 9.17) is 18.6 Å². The van der Waals surface area contributed by atoms with Gasteiger partial charge in [-0.1, -0.05) is 6.42 Å². The number of alkyl halides is 2. The summed E-state index contributed by atoms with van der Waals surface area (Å²) in [6, 6.07) is 3.03. The highest BCUT2D eigenvalue weighted by Crippen LogP contribution is 2.40. The van der Waals surface area contributed by atoms with Crippen LogP contribution < -0.4 is 21.0 Å². The van der Waals surface area contributed by atoms with E-state index in [1.54, 1.807) is 6.04 Å². The van der Waals surface area contributed by atoms with Gasteiger partial charge in [-0.25, -0.2) is 23.4 Å². The molecule has 3 rings (SSSR count). The molecule has 0 saturated heterocycles. The molecule has 8 nitrogen and oxygen atoms in total. The predicted molar refractivity (Wildman–Crippen MR) is 88.9 cm³/mol. The van der Waals surface area contributed by atoms with Gasteiger partial charge in [0.15, 0.2) is 16.3 Å². The molecule has 2 aromatic rings. The molecule has 1 aliphatic rings. The average Bonchev–Trinajstić information content (AvgIpc) is 2.60. The molecule has 27 heavy (non-hydrogen) atoms. The Morgan fingerprint density at radius 1 is 1.11 bits per heavy atom. The van der Waals surface area contributed by atoms with E-state index in [9.17, 15) is 27.6 Å². The molecule has 0 fully saturated rings. The van der Waals surface area contributed by atoms with Crippen LogP contribution in [0.5, 0.6) is 5.75 Å². The number of carbonyl (C=O) groups is 1. The van der Waals surface area contributed by atoms with E-state index in [2.05, 4.69) is 4.74 Å². The third-order valence-corrected chi connectivity index (χ3v) is 4.41. The van der Waals surface area contributed by atoms with Crippen LogP contribution in [0.1, 0.15) is 0 Å². The number of terminal acetylenes is 1. The molecular formula is C15H9F3N4O4S. The van der Waals surface area contributed by atoms with Crippen LogP contribution in [0.4, 0.5) is 18.9 Å². The second kappa shape index (κ2) is 5.85. The van der Waals surface area contributed by atoms with Crippen molar-refractivity contribution in [2.45, 2.75) is 6.11 Å². The number of ether oxygens (including phenoxy) is 1. The molecule has 0 saturated carbocycles. The predicted octanol–water partition coefficient (Wildman–Crippen LogP) is 0.652. The minimum atomic E-state index is -4.29. The van der Waals surface area contributed by atoms with E-state index >= 15 is 0 Å². The Hall–Kier alpha value is -3.33. The maximum Gasteiger partial charge on any atom is 0.484 e. The fourth-order valence-electron chi connectivity index (χ4n) is 2.49. The highest BCUT2D eigenvalue weighted by molar-refractivity contribution is 7.71. The molecule has 1 aromatic heterocycles. The first kappa shape index (κ1) is 18.5. The van der Waals surface area contributed by atoms with Gasteiger partial charge in [0.2, 0.25) is 0 Å². The molecule has 2 heterocycles. The Morgan fingerprint density at radius 2 is 1.67 bits per heavy atom. The summed E-state index contributed by atoms with van der Waals surface area (Å²) < 4.78 is 48.1. The first-order chi connectivity index (χ1) is 12.5. The van der Waals surface area contributed by atoms with Crippen LogP contribution in [0.15, 0.2) is 21.7 Å². The second-order valence-electron chi connectivity index (χ2n) is 5.46. The number of nitrogens with zero attached hydrogens (tertiary/aromatic N) is 4. The van der Waals surface area contributed by atoms with Gasteiger partial charge in [-0.15, -0.1) is 0 Å². The molecule has 0 unspecified atom stereocenters. The number of rotatable bonds is 1. The van der Waals surface area contributed by atoms with E-state index in [-0.39, 0.29) is 9.67 Å². The van der Waals surface area contributed by atoms with Gasteiger partial charge in [-0.05, 0) is 18.3 Å². The molecule has 0 atom stereocenters. The van der Waals surface area contributed by atoms with E-state index in [0.29, 0.717) is 10.6 Å². The van der Waals surface area contributed by atoms with Crippen LogP contribution in [0, 0.1) is 23.1 Å². The molecule has 140 valence electrons. The number of hydrogen-bond donors (Lipinski definition) is 0. The minimum Gasteiger partial charge on any atom is -0.423 e. The Kier molecular flexibility index (Phi) is 4.00. The van der Waals surface area contributed by atoms with Gasteiger partial charge in [0.1, 0.15) is 5.69 Å². The Balaban J connectivity index is 2.39. The number of anilines is 1. The van der Waals surface area contributed by atoms with E-state index in [0.717, 1.165) is 15.2 Å². The smallest absolute Gasteiger partial charge is 0.423 e. The van der Waals surface area contributed by atoms with Gasteiger partial charge < -0.3 is 4.74 Å². The monoisotopic (exact) mass is 398 g/mol. The molecule has 0 N–H and O–H groups in total. The van der Waals surface area contributed by atoms with Gasteiger partial charge in [0.25, 0.3) is 0 Å². The first-order valence-electron chi connectivity index (χ1n) is 7.12. The first-order valence-corrected chi connectivity index (χ1v) is 7.52. The van der Waals surface area contributed by atoms with Crippen molar-refractivity contribution in [3.05, 3.63) is 43.7 Å². The van der Waals surface area contributed by atoms with Gasteiger partial charge in [-0.3, -0.25) is 13.9 Å². The SMILES string of the molecule is C#CN1C(=O)C(F)(F)Oc2cc(F)c(-n3c(=O)n(C)c(=S)n(C)c3=O)cc21. The number of fused-ring (bicyclic) bond motifs is 1. The summed E-state index contributed by atoms with van der Waals surface area (Å²) in [4.78, 5) is 36.7. The molecule has 0 spiro atoms. The summed E-state index contributed by atoms with van der Waals surface area (Å²) in [5, 5.41) is 0. The van der Waals surface area contributed by atoms with Crippen molar-refractivity contribution in [3.8, 4) is 23.9 Å². The largest absolute Gasteiger partial charge is 0.484 e. The molecule has 1 aliphatic heterocycles. The van der Waals surface area contributed by atoms with Crippen molar-refractivity contribution in [1.29, 1.82) is 0 Å². The van der Waals surface area contributed by atoms with Crippen LogP contribution >= 0.6 is 12.2 Å². The number of aromatic nitrogens is 3. The lowest BCUT2D eigenvalue weighted by molar-refractivity contribution is -0.191. The van der Waals surface area contributed by atoms with Crippen molar-refractivity contribution in [2.24, 2.45) is 14.1 Å². The number of amides is 1. The van der Waals surface area contributed by atoms with Crippen molar-refractivity contribution in [1.82, 2.24) is 13.7 Å². The quantitative estimate of drug-likeness (QED) is 0.521. The van der Waals surface area contributed by atoms with Gasteiger partial charge in [-0.2, -0.15) is 8.78 Å². The molecular weight excluding hydrogens is 389 g/mol. The highest BCUT2D eigenvalue weighted by Gasteiger charge is 2.51. The van der Waals surface area contributed by atoms with Crippen molar-refractivity contribution in [2.75, 3.05) is 4.90 Å². The van der Waals surface area contributed by atoms with Crippen LogP contribution in [0.25, 0.3) is 5.69 Å². The van der Waals surface area contributed by atoms with Crippen LogP contribution in [-0.2, 0) is 18.9 Å². The topological polar surface area (TPSA) is 78.5 Å². The van der Waals surface area contributed by atoms with Gasteiger partial charge >= 0.3 is 23.4 Å². The fourth-order valence-corrected chi connectivity index (χ4v) is 2.64. The maximum atomic E-state index is 14.5. The summed E-state index contributed by atoms with van der Waals surface area (Å²) >= 11 is 4.92. The average molecular weight is 398 g/mol. The normalized spacial score (nSPS) is 15.1. The van der Waals surface area contributed by atoms with Crippen molar-refractivity contribution >= 4 is 23.8 Å². The maximum absolute atomic E-state index is 14.5. The third kappa shape index (κ3) is 2.55. The summed E-state index contributed by atoms with van der Waals surface area (Å²) in [7, 11) is 2.52. The molecule has 0 aliphatic carbocycles. The van der Waals surface area contributed by atoms with Crippen molar-refractivity contribution < 1.29 is 22.7 Å². The zero-order valence-corrected chi connectivity index (χ0v) is 14.5. The van der Waals surface area contributed by atoms with Crippen LogP contribution in [0.3, 0.4) is 0 Å². The van der Waals surface area contributed by atoms with E-state index in [1.807, 2.05) is 0 Å². The third-order valence-electron chi connectivity index (χ3n) is 3.86. The number of carbonyl (C=O) groups excluding carboxylic acids is 1. The molecule has 0 bridgehead atoms. The lowest BCUT2D eigenvalue weighted by Gasteiger charge is -2.30. The number of hydrogen-bond acceptors (Lipinski definition) is 5. The Labute approximate surface area is 153 Å². The van der Waals surface area contributed by atoms with E-state index < -0.39 is 46.3 Å².